The predicted molar refractivity (Wildman–Crippen MR) is 99.0 cm³/mol. The fraction of sp³-hybridized carbons (Fsp3) is 0.421. The van der Waals surface area contributed by atoms with E-state index in [0.29, 0.717) is 11.7 Å². The molecule has 0 fully saturated rings. The molecule has 1 aromatic heterocycles. The van der Waals surface area contributed by atoms with Crippen molar-refractivity contribution in [3.05, 3.63) is 54.0 Å². The van der Waals surface area contributed by atoms with Gasteiger partial charge in [-0.05, 0) is 50.1 Å². The highest BCUT2D eigenvalue weighted by atomic mass is 16.5. The summed E-state index contributed by atoms with van der Waals surface area (Å²) in [5, 5.41) is 16.9. The Bertz CT molecular complexity index is 649. The number of furan rings is 1. The van der Waals surface area contributed by atoms with Crippen LogP contribution in [0.1, 0.15) is 25.2 Å². The van der Waals surface area contributed by atoms with Crippen LogP contribution in [-0.2, 0) is 12.0 Å². The van der Waals surface area contributed by atoms with Gasteiger partial charge < -0.3 is 24.9 Å². The average molecular weight is 345 g/mol. The summed E-state index contributed by atoms with van der Waals surface area (Å²) in [4.78, 5) is 4.46. The first-order chi connectivity index (χ1) is 12.0. The number of hydrogen-bond acceptors (Lipinski definition) is 4. The quantitative estimate of drug-likeness (QED) is 0.505. The molecule has 136 valence electrons. The average Bonchev–Trinajstić information content (AvgIpc) is 3.16. The van der Waals surface area contributed by atoms with Crippen LogP contribution in [0.3, 0.4) is 0 Å². The molecule has 0 saturated heterocycles. The summed E-state index contributed by atoms with van der Waals surface area (Å²) < 4.78 is 10.4. The van der Waals surface area contributed by atoms with E-state index in [9.17, 15) is 5.11 Å². The van der Waals surface area contributed by atoms with E-state index in [2.05, 4.69) is 15.6 Å². The first kappa shape index (κ1) is 18.9. The van der Waals surface area contributed by atoms with Gasteiger partial charge >= 0.3 is 0 Å². The molecular formula is C19H27N3O3. The van der Waals surface area contributed by atoms with Crippen molar-refractivity contribution in [2.75, 3.05) is 26.7 Å². The zero-order chi connectivity index (χ0) is 18.1. The van der Waals surface area contributed by atoms with Crippen molar-refractivity contribution >= 4 is 5.96 Å². The van der Waals surface area contributed by atoms with Crippen molar-refractivity contribution in [1.29, 1.82) is 0 Å². The highest BCUT2D eigenvalue weighted by Gasteiger charge is 2.25. The van der Waals surface area contributed by atoms with E-state index in [1.54, 1.807) is 32.4 Å². The number of rotatable bonds is 8. The third-order valence-electron chi connectivity index (χ3n) is 3.81. The molecule has 25 heavy (non-hydrogen) atoms. The molecule has 3 N–H and O–H groups in total. The molecule has 1 aromatic carbocycles. The number of nitrogens with zero attached hydrogens (tertiary/aromatic N) is 1. The zero-order valence-electron chi connectivity index (χ0n) is 15.1. The number of aliphatic hydroxyl groups is 1. The highest BCUT2D eigenvalue weighted by molar-refractivity contribution is 5.79. The summed E-state index contributed by atoms with van der Waals surface area (Å²) >= 11 is 0. The van der Waals surface area contributed by atoms with Crippen LogP contribution in [-0.4, -0.2) is 37.8 Å². The topological polar surface area (TPSA) is 79.0 Å². The number of benzene rings is 1. The molecule has 1 heterocycles. The molecule has 1 unspecified atom stereocenters. The van der Waals surface area contributed by atoms with Crippen LogP contribution >= 0.6 is 0 Å². The number of ether oxygens (including phenoxy) is 1. The number of hydrogen-bond donors (Lipinski definition) is 3. The third kappa shape index (κ3) is 5.83. The minimum absolute atomic E-state index is 0.207. The fourth-order valence-electron chi connectivity index (χ4n) is 2.36. The Morgan fingerprint density at radius 1 is 1.24 bits per heavy atom. The molecule has 6 nitrogen and oxygen atoms in total. The monoisotopic (exact) mass is 345 g/mol. The van der Waals surface area contributed by atoms with Gasteiger partial charge in [0, 0.05) is 13.1 Å². The molecule has 1 atom stereocenters. The summed E-state index contributed by atoms with van der Waals surface area (Å²) in [5.74, 6) is 2.03. The lowest BCUT2D eigenvalue weighted by molar-refractivity contribution is 0.0437. The van der Waals surface area contributed by atoms with E-state index < -0.39 is 5.60 Å². The first-order valence-corrected chi connectivity index (χ1v) is 8.46. The molecule has 0 saturated carbocycles. The SMILES string of the molecule is CCNC(=NCC(C)(O)c1ccco1)NCCc1ccc(OC)cc1. The van der Waals surface area contributed by atoms with E-state index in [-0.39, 0.29) is 6.54 Å². The summed E-state index contributed by atoms with van der Waals surface area (Å²) in [6, 6.07) is 11.5. The van der Waals surface area contributed by atoms with Crippen molar-refractivity contribution in [2.45, 2.75) is 25.9 Å². The summed E-state index contributed by atoms with van der Waals surface area (Å²) in [7, 11) is 1.66. The number of aliphatic imine (C=N–C) groups is 1. The maximum absolute atomic E-state index is 10.5. The van der Waals surface area contributed by atoms with Crippen LogP contribution in [0.4, 0.5) is 0 Å². The Hall–Kier alpha value is -2.47. The van der Waals surface area contributed by atoms with Gasteiger partial charge in [0.15, 0.2) is 5.96 Å². The van der Waals surface area contributed by atoms with Gasteiger partial charge in [0.05, 0.1) is 19.9 Å². The van der Waals surface area contributed by atoms with Gasteiger partial charge in [0.2, 0.25) is 0 Å². The van der Waals surface area contributed by atoms with E-state index in [0.717, 1.165) is 25.3 Å². The molecule has 0 amide bonds. The van der Waals surface area contributed by atoms with Crippen molar-refractivity contribution in [2.24, 2.45) is 4.99 Å². The van der Waals surface area contributed by atoms with Crippen LogP contribution in [0.25, 0.3) is 0 Å². The van der Waals surface area contributed by atoms with E-state index in [1.165, 1.54) is 5.56 Å². The summed E-state index contributed by atoms with van der Waals surface area (Å²) in [6.45, 7) is 5.39. The fourth-order valence-corrected chi connectivity index (χ4v) is 2.36. The summed E-state index contributed by atoms with van der Waals surface area (Å²) in [6.07, 6.45) is 2.41. The molecule has 0 spiro atoms. The van der Waals surface area contributed by atoms with Gasteiger partial charge in [-0.1, -0.05) is 12.1 Å². The molecule has 0 aliphatic carbocycles. The lowest BCUT2D eigenvalue weighted by atomic mass is 10.0. The lowest BCUT2D eigenvalue weighted by Crippen LogP contribution is -2.39. The minimum Gasteiger partial charge on any atom is -0.497 e. The van der Waals surface area contributed by atoms with Crippen molar-refractivity contribution in [1.82, 2.24) is 10.6 Å². The number of guanidine groups is 1. The van der Waals surface area contributed by atoms with Crippen LogP contribution in [0, 0.1) is 0 Å². The van der Waals surface area contributed by atoms with Crippen LogP contribution in [0.2, 0.25) is 0 Å². The smallest absolute Gasteiger partial charge is 0.191 e. The van der Waals surface area contributed by atoms with Gasteiger partial charge in [0.25, 0.3) is 0 Å². The van der Waals surface area contributed by atoms with Gasteiger partial charge in [0.1, 0.15) is 17.1 Å². The van der Waals surface area contributed by atoms with Crippen molar-refractivity contribution < 1.29 is 14.3 Å². The van der Waals surface area contributed by atoms with E-state index in [1.807, 2.05) is 31.2 Å². The molecular weight excluding hydrogens is 318 g/mol. The second kappa shape index (κ2) is 9.13. The molecule has 2 rings (SSSR count). The largest absolute Gasteiger partial charge is 0.497 e. The molecule has 6 heteroatoms. The molecule has 0 aliphatic heterocycles. The normalized spacial score (nSPS) is 14.0. The first-order valence-electron chi connectivity index (χ1n) is 8.46. The molecule has 0 bridgehead atoms. The van der Waals surface area contributed by atoms with Gasteiger partial charge in [-0.25, -0.2) is 4.99 Å². The van der Waals surface area contributed by atoms with Crippen molar-refractivity contribution in [3.63, 3.8) is 0 Å². The Morgan fingerprint density at radius 2 is 2.00 bits per heavy atom. The standard InChI is InChI=1S/C19H27N3O3/c1-4-20-18(22-14-19(2,23)17-6-5-13-25-17)21-12-11-15-7-9-16(24-3)10-8-15/h5-10,13,23H,4,11-12,14H2,1-3H3,(H2,20,21,22). The van der Waals surface area contributed by atoms with Crippen molar-refractivity contribution in [3.8, 4) is 5.75 Å². The van der Waals surface area contributed by atoms with Gasteiger partial charge in [-0.3, -0.25) is 0 Å². The Balaban J connectivity index is 1.88. The van der Waals surface area contributed by atoms with Gasteiger partial charge in [-0.2, -0.15) is 0 Å². The zero-order valence-corrected chi connectivity index (χ0v) is 15.1. The highest BCUT2D eigenvalue weighted by Crippen LogP contribution is 2.21. The maximum atomic E-state index is 10.5. The second-order valence-electron chi connectivity index (χ2n) is 5.97. The maximum Gasteiger partial charge on any atom is 0.191 e. The number of nitrogens with one attached hydrogen (secondary N) is 2. The van der Waals surface area contributed by atoms with Gasteiger partial charge in [-0.15, -0.1) is 0 Å². The predicted octanol–water partition coefficient (Wildman–Crippen LogP) is 2.29. The number of methoxy groups -OCH3 is 1. The van der Waals surface area contributed by atoms with Crippen LogP contribution in [0.15, 0.2) is 52.1 Å². The Morgan fingerprint density at radius 3 is 2.60 bits per heavy atom. The lowest BCUT2D eigenvalue weighted by Gasteiger charge is -2.19. The van der Waals surface area contributed by atoms with E-state index in [4.69, 9.17) is 9.15 Å². The van der Waals surface area contributed by atoms with E-state index >= 15 is 0 Å². The second-order valence-corrected chi connectivity index (χ2v) is 5.97. The summed E-state index contributed by atoms with van der Waals surface area (Å²) in [5.41, 5.74) is 0.0775. The van der Waals surface area contributed by atoms with Crippen LogP contribution < -0.4 is 15.4 Å². The minimum atomic E-state index is -1.14. The Kier molecular flexibility index (Phi) is 6.89. The molecule has 2 aromatic rings. The molecule has 0 aliphatic rings. The molecule has 0 radical (unpaired) electrons. The Labute approximate surface area is 148 Å². The van der Waals surface area contributed by atoms with Crippen LogP contribution in [0.5, 0.6) is 5.75 Å². The third-order valence-corrected chi connectivity index (χ3v) is 3.81.